The van der Waals surface area contributed by atoms with E-state index in [9.17, 15) is 14.7 Å². The summed E-state index contributed by atoms with van der Waals surface area (Å²) in [6, 6.07) is 3.43. The highest BCUT2D eigenvalue weighted by molar-refractivity contribution is 9.11. The highest BCUT2D eigenvalue weighted by Gasteiger charge is 2.36. The summed E-state index contributed by atoms with van der Waals surface area (Å²) in [5, 5.41) is 11.8. The molecule has 0 aliphatic rings. The molecule has 0 bridgehead atoms. The van der Waals surface area contributed by atoms with Crippen LogP contribution in [0, 0.1) is 0 Å². The van der Waals surface area contributed by atoms with Gasteiger partial charge in [0, 0.05) is 0 Å². The van der Waals surface area contributed by atoms with Gasteiger partial charge in [0.15, 0.2) is 0 Å². The highest BCUT2D eigenvalue weighted by atomic mass is 79.9. The summed E-state index contributed by atoms with van der Waals surface area (Å²) in [5.41, 5.74) is -1.17. The van der Waals surface area contributed by atoms with Crippen molar-refractivity contribution in [1.82, 2.24) is 5.32 Å². The molecule has 94 valence electrons. The fourth-order valence-corrected chi connectivity index (χ4v) is 2.78. The van der Waals surface area contributed by atoms with Gasteiger partial charge in [-0.25, -0.2) is 4.79 Å². The van der Waals surface area contributed by atoms with Gasteiger partial charge in [0.25, 0.3) is 5.91 Å². The Bertz CT molecular complexity index is 426. The van der Waals surface area contributed by atoms with E-state index in [-0.39, 0.29) is 5.91 Å². The lowest BCUT2D eigenvalue weighted by Crippen LogP contribution is -2.53. The van der Waals surface area contributed by atoms with Gasteiger partial charge < -0.3 is 10.4 Å². The molecule has 0 saturated heterocycles. The summed E-state index contributed by atoms with van der Waals surface area (Å²) in [6.07, 6.45) is 0.717. The summed E-state index contributed by atoms with van der Waals surface area (Å²) in [6.45, 7) is 3.50. The number of carbonyl (C=O) groups excluding carboxylic acids is 1. The first-order valence-electron chi connectivity index (χ1n) is 5.26. The van der Waals surface area contributed by atoms with Gasteiger partial charge in [0.2, 0.25) is 0 Å². The van der Waals surface area contributed by atoms with Crippen molar-refractivity contribution in [3.05, 3.63) is 20.8 Å². The smallest absolute Gasteiger partial charge is 0.329 e. The van der Waals surface area contributed by atoms with Gasteiger partial charge >= 0.3 is 5.97 Å². The van der Waals surface area contributed by atoms with E-state index in [0.29, 0.717) is 17.7 Å². The van der Waals surface area contributed by atoms with E-state index in [2.05, 4.69) is 21.2 Å². The maximum absolute atomic E-state index is 11.9. The fraction of sp³-hybridized carbons (Fsp3) is 0.455. The van der Waals surface area contributed by atoms with Gasteiger partial charge in [-0.15, -0.1) is 11.3 Å². The number of hydrogen-bond donors (Lipinski definition) is 2. The summed E-state index contributed by atoms with van der Waals surface area (Å²) >= 11 is 4.55. The number of carboxylic acid groups (broad SMARTS) is 1. The molecular weight excluding hydrogens is 306 g/mol. The fourth-order valence-electron chi connectivity index (χ4n) is 1.50. The third-order valence-electron chi connectivity index (χ3n) is 2.77. The van der Waals surface area contributed by atoms with Crippen molar-refractivity contribution in [2.75, 3.05) is 0 Å². The number of thiophene rings is 1. The molecule has 17 heavy (non-hydrogen) atoms. The molecule has 1 amide bonds. The Kier molecular flexibility index (Phi) is 4.70. The van der Waals surface area contributed by atoms with Crippen LogP contribution in [0.25, 0.3) is 0 Å². The van der Waals surface area contributed by atoms with Crippen LogP contribution in [0.1, 0.15) is 36.4 Å². The number of aliphatic carboxylic acids is 1. The van der Waals surface area contributed by atoms with Crippen molar-refractivity contribution in [1.29, 1.82) is 0 Å². The lowest BCUT2D eigenvalue weighted by Gasteiger charge is -2.27. The number of rotatable bonds is 5. The minimum atomic E-state index is -1.17. The molecule has 0 unspecified atom stereocenters. The molecule has 4 nitrogen and oxygen atoms in total. The topological polar surface area (TPSA) is 66.4 Å². The largest absolute Gasteiger partial charge is 0.480 e. The summed E-state index contributed by atoms with van der Waals surface area (Å²) in [5.74, 6) is -1.33. The second-order valence-electron chi connectivity index (χ2n) is 3.65. The first kappa shape index (κ1) is 14.2. The van der Waals surface area contributed by atoms with Crippen LogP contribution >= 0.6 is 27.3 Å². The summed E-state index contributed by atoms with van der Waals surface area (Å²) in [7, 11) is 0. The van der Waals surface area contributed by atoms with E-state index in [4.69, 9.17) is 0 Å². The molecule has 1 aromatic heterocycles. The molecule has 6 heteroatoms. The Balaban J connectivity index is 2.88. The Hall–Kier alpha value is -0.880. The Morgan fingerprint density at radius 3 is 2.35 bits per heavy atom. The Morgan fingerprint density at radius 1 is 1.41 bits per heavy atom. The van der Waals surface area contributed by atoms with Gasteiger partial charge in [-0.3, -0.25) is 4.79 Å². The second-order valence-corrected chi connectivity index (χ2v) is 6.12. The number of hydrogen-bond acceptors (Lipinski definition) is 3. The van der Waals surface area contributed by atoms with Crippen molar-refractivity contribution in [3.8, 4) is 0 Å². The maximum atomic E-state index is 11.9. The van der Waals surface area contributed by atoms with Crippen LogP contribution < -0.4 is 5.32 Å². The van der Waals surface area contributed by atoms with Crippen LogP contribution in [-0.2, 0) is 4.79 Å². The van der Waals surface area contributed by atoms with E-state index in [1.54, 1.807) is 26.0 Å². The zero-order chi connectivity index (χ0) is 13.1. The number of halogens is 1. The molecule has 1 rings (SSSR count). The Morgan fingerprint density at radius 2 is 2.00 bits per heavy atom. The molecule has 0 saturated carbocycles. The van der Waals surface area contributed by atoms with Crippen LogP contribution in [0.15, 0.2) is 15.9 Å². The lowest BCUT2D eigenvalue weighted by atomic mass is 9.93. The zero-order valence-corrected chi connectivity index (χ0v) is 12.0. The molecule has 0 radical (unpaired) electrons. The van der Waals surface area contributed by atoms with E-state index in [1.165, 1.54) is 11.3 Å². The molecule has 0 fully saturated rings. The number of carbonyl (C=O) groups is 2. The molecular formula is C11H14BrNO3S. The molecule has 0 aromatic carbocycles. The first-order chi connectivity index (χ1) is 7.95. The molecule has 1 aromatic rings. The quantitative estimate of drug-likeness (QED) is 0.877. The second kappa shape index (κ2) is 5.64. The molecule has 2 N–H and O–H groups in total. The van der Waals surface area contributed by atoms with Crippen LogP contribution in [0.3, 0.4) is 0 Å². The van der Waals surface area contributed by atoms with Crippen LogP contribution in [0.5, 0.6) is 0 Å². The van der Waals surface area contributed by atoms with Gasteiger partial charge in [0.05, 0.1) is 8.66 Å². The van der Waals surface area contributed by atoms with Crippen molar-refractivity contribution in [2.24, 2.45) is 0 Å². The van der Waals surface area contributed by atoms with Gasteiger partial charge in [-0.1, -0.05) is 13.8 Å². The average molecular weight is 320 g/mol. The summed E-state index contributed by atoms with van der Waals surface area (Å²) < 4.78 is 0.844. The van der Waals surface area contributed by atoms with E-state index >= 15 is 0 Å². The molecule has 0 aliphatic carbocycles. The number of amides is 1. The van der Waals surface area contributed by atoms with Crippen molar-refractivity contribution >= 4 is 39.1 Å². The molecule has 0 aliphatic heterocycles. The van der Waals surface area contributed by atoms with Crippen LogP contribution in [-0.4, -0.2) is 22.5 Å². The maximum Gasteiger partial charge on any atom is 0.329 e. The van der Waals surface area contributed by atoms with Gasteiger partial charge in [-0.05, 0) is 40.9 Å². The van der Waals surface area contributed by atoms with Gasteiger partial charge in [0.1, 0.15) is 5.54 Å². The minimum Gasteiger partial charge on any atom is -0.480 e. The number of nitrogens with one attached hydrogen (secondary N) is 1. The van der Waals surface area contributed by atoms with Crippen molar-refractivity contribution in [3.63, 3.8) is 0 Å². The average Bonchev–Trinajstić information content (AvgIpc) is 2.72. The third kappa shape index (κ3) is 3.07. The first-order valence-corrected chi connectivity index (χ1v) is 6.87. The standard InChI is InChI=1S/C11H14BrNO3S/c1-3-11(4-2,10(15)16)13-9(14)7-5-6-8(12)17-7/h5-6H,3-4H2,1-2H3,(H,13,14)(H,15,16). The van der Waals surface area contributed by atoms with E-state index in [1.807, 2.05) is 0 Å². The lowest BCUT2D eigenvalue weighted by molar-refractivity contribution is -0.144. The van der Waals surface area contributed by atoms with E-state index in [0.717, 1.165) is 3.79 Å². The Labute approximate surface area is 112 Å². The summed E-state index contributed by atoms with van der Waals surface area (Å²) in [4.78, 5) is 23.7. The third-order valence-corrected chi connectivity index (χ3v) is 4.39. The normalized spacial score (nSPS) is 11.2. The van der Waals surface area contributed by atoms with Crippen molar-refractivity contribution in [2.45, 2.75) is 32.2 Å². The molecule has 0 spiro atoms. The number of carboxylic acids is 1. The predicted octanol–water partition coefficient (Wildman–Crippen LogP) is 2.88. The van der Waals surface area contributed by atoms with Crippen LogP contribution in [0.2, 0.25) is 0 Å². The highest BCUT2D eigenvalue weighted by Crippen LogP contribution is 2.23. The van der Waals surface area contributed by atoms with Gasteiger partial charge in [-0.2, -0.15) is 0 Å². The zero-order valence-electron chi connectivity index (χ0n) is 9.62. The molecule has 0 atom stereocenters. The predicted molar refractivity (Wildman–Crippen MR) is 70.4 cm³/mol. The minimum absolute atomic E-state index is 0.341. The van der Waals surface area contributed by atoms with E-state index < -0.39 is 11.5 Å². The van der Waals surface area contributed by atoms with Crippen molar-refractivity contribution < 1.29 is 14.7 Å². The van der Waals surface area contributed by atoms with Crippen LogP contribution in [0.4, 0.5) is 0 Å². The molecule has 1 heterocycles. The monoisotopic (exact) mass is 319 g/mol. The SMILES string of the molecule is CCC(CC)(NC(=O)c1ccc(Br)s1)C(=O)O.